The Hall–Kier alpha value is -3.23. The summed E-state index contributed by atoms with van der Waals surface area (Å²) in [7, 11) is -3.54. The number of sulfonamides is 1. The fraction of sp³-hybridized carbons (Fsp3) is 0.217. The minimum Gasteiger partial charge on any atom is -0.452 e. The van der Waals surface area contributed by atoms with Crippen LogP contribution in [0.5, 0.6) is 0 Å². The summed E-state index contributed by atoms with van der Waals surface area (Å²) < 4.78 is 31.6. The van der Waals surface area contributed by atoms with Crippen molar-refractivity contribution in [1.29, 1.82) is 0 Å². The molecule has 1 aliphatic heterocycles. The van der Waals surface area contributed by atoms with E-state index in [1.54, 1.807) is 6.07 Å². The second-order valence-electron chi connectivity index (χ2n) is 7.32. The van der Waals surface area contributed by atoms with Crippen molar-refractivity contribution in [2.75, 3.05) is 25.0 Å². The molecule has 1 saturated heterocycles. The van der Waals surface area contributed by atoms with Crippen molar-refractivity contribution in [3.05, 3.63) is 72.3 Å². The number of esters is 1. The molecule has 7 nitrogen and oxygen atoms in total. The molecule has 3 aromatic carbocycles. The third-order valence-corrected chi connectivity index (χ3v) is 7.07. The molecule has 0 unspecified atom stereocenters. The topological polar surface area (TPSA) is 92.8 Å². The molecule has 1 amide bonds. The van der Waals surface area contributed by atoms with Gasteiger partial charge in [-0.2, -0.15) is 4.31 Å². The van der Waals surface area contributed by atoms with E-state index in [0.29, 0.717) is 18.8 Å². The van der Waals surface area contributed by atoms with Crippen LogP contribution in [0.3, 0.4) is 0 Å². The zero-order chi connectivity index (χ0) is 21.8. The molecular weight excluding hydrogens is 416 g/mol. The number of benzene rings is 3. The van der Waals surface area contributed by atoms with Gasteiger partial charge >= 0.3 is 5.97 Å². The van der Waals surface area contributed by atoms with Crippen molar-refractivity contribution in [3.8, 4) is 0 Å². The van der Waals surface area contributed by atoms with Gasteiger partial charge in [0.25, 0.3) is 5.91 Å². The predicted molar refractivity (Wildman–Crippen MR) is 117 cm³/mol. The van der Waals surface area contributed by atoms with E-state index in [9.17, 15) is 18.0 Å². The standard InChI is InChI=1S/C23H22N2O5S/c26-22(24-20-10-7-17-5-1-2-6-19(17)15-20)16-30-23(27)18-8-11-21(12-9-18)31(28,29)25-13-3-4-14-25/h1-2,5-12,15H,3-4,13-14,16H2,(H,24,26). The third-order valence-electron chi connectivity index (χ3n) is 5.16. The van der Waals surface area contributed by atoms with Crippen molar-refractivity contribution in [3.63, 3.8) is 0 Å². The van der Waals surface area contributed by atoms with Crippen LogP contribution >= 0.6 is 0 Å². The van der Waals surface area contributed by atoms with Gasteiger partial charge in [0.1, 0.15) is 0 Å². The fourth-order valence-corrected chi connectivity index (χ4v) is 5.04. The van der Waals surface area contributed by atoms with Gasteiger partial charge in [-0.15, -0.1) is 0 Å². The van der Waals surface area contributed by atoms with Gasteiger partial charge in [-0.25, -0.2) is 13.2 Å². The lowest BCUT2D eigenvalue weighted by Gasteiger charge is -2.15. The van der Waals surface area contributed by atoms with E-state index in [-0.39, 0.29) is 10.5 Å². The first-order chi connectivity index (χ1) is 14.9. The maximum Gasteiger partial charge on any atom is 0.338 e. The number of fused-ring (bicyclic) bond motifs is 1. The van der Waals surface area contributed by atoms with Crippen LogP contribution in [0, 0.1) is 0 Å². The van der Waals surface area contributed by atoms with Crippen LogP contribution in [0.25, 0.3) is 10.8 Å². The van der Waals surface area contributed by atoms with Crippen molar-refractivity contribution in [2.45, 2.75) is 17.7 Å². The summed E-state index contributed by atoms with van der Waals surface area (Å²) in [4.78, 5) is 24.5. The summed E-state index contributed by atoms with van der Waals surface area (Å²) in [6, 6.07) is 18.9. The molecule has 0 bridgehead atoms. The number of anilines is 1. The molecule has 3 aromatic rings. The van der Waals surface area contributed by atoms with Gasteiger partial charge in [0.15, 0.2) is 6.61 Å². The highest BCUT2D eigenvalue weighted by Crippen LogP contribution is 2.21. The van der Waals surface area contributed by atoms with Crippen LogP contribution in [0.1, 0.15) is 23.2 Å². The number of hydrogen-bond donors (Lipinski definition) is 1. The lowest BCUT2D eigenvalue weighted by molar-refractivity contribution is -0.119. The zero-order valence-electron chi connectivity index (χ0n) is 16.8. The molecule has 0 spiro atoms. The highest BCUT2D eigenvalue weighted by Gasteiger charge is 2.27. The van der Waals surface area contributed by atoms with Crippen LogP contribution < -0.4 is 5.32 Å². The molecule has 1 heterocycles. The molecule has 0 saturated carbocycles. The zero-order valence-corrected chi connectivity index (χ0v) is 17.6. The maximum absolute atomic E-state index is 12.5. The lowest BCUT2D eigenvalue weighted by Crippen LogP contribution is -2.27. The molecule has 1 fully saturated rings. The average molecular weight is 439 g/mol. The number of ether oxygens (including phenoxy) is 1. The SMILES string of the molecule is O=C(COC(=O)c1ccc(S(=O)(=O)N2CCCC2)cc1)Nc1ccc2ccccc2c1. The molecule has 4 rings (SSSR count). The minimum absolute atomic E-state index is 0.139. The number of nitrogens with zero attached hydrogens (tertiary/aromatic N) is 1. The number of hydrogen-bond acceptors (Lipinski definition) is 5. The van der Waals surface area contributed by atoms with Crippen molar-refractivity contribution in [1.82, 2.24) is 4.31 Å². The molecule has 0 atom stereocenters. The van der Waals surface area contributed by atoms with Gasteiger partial charge in [0.05, 0.1) is 10.5 Å². The molecule has 0 aromatic heterocycles. The van der Waals surface area contributed by atoms with E-state index < -0.39 is 28.5 Å². The summed E-state index contributed by atoms with van der Waals surface area (Å²) in [5.41, 5.74) is 0.787. The first-order valence-corrected chi connectivity index (χ1v) is 11.4. The summed E-state index contributed by atoms with van der Waals surface area (Å²) in [6.07, 6.45) is 1.70. The number of nitrogens with one attached hydrogen (secondary N) is 1. The first-order valence-electron chi connectivity index (χ1n) is 9.99. The monoisotopic (exact) mass is 438 g/mol. The Kier molecular flexibility index (Phi) is 6.01. The van der Waals surface area contributed by atoms with E-state index in [0.717, 1.165) is 23.6 Å². The van der Waals surface area contributed by atoms with E-state index in [2.05, 4.69) is 5.32 Å². The highest BCUT2D eigenvalue weighted by molar-refractivity contribution is 7.89. The van der Waals surface area contributed by atoms with Gasteiger partial charge in [-0.05, 0) is 60.0 Å². The third kappa shape index (κ3) is 4.76. The van der Waals surface area contributed by atoms with Crippen LogP contribution in [-0.2, 0) is 19.6 Å². The summed E-state index contributed by atoms with van der Waals surface area (Å²) in [5.74, 6) is -1.16. The molecule has 160 valence electrons. The Balaban J connectivity index is 1.34. The Morgan fingerprint density at radius 1 is 0.903 bits per heavy atom. The average Bonchev–Trinajstić information content (AvgIpc) is 3.33. The second kappa shape index (κ2) is 8.87. The summed E-state index contributed by atoms with van der Waals surface area (Å²) in [5, 5.41) is 4.74. The first kappa shape index (κ1) is 21.0. The number of amides is 1. The van der Waals surface area contributed by atoms with Crippen molar-refractivity contribution >= 4 is 38.4 Å². The maximum atomic E-state index is 12.5. The minimum atomic E-state index is -3.54. The smallest absolute Gasteiger partial charge is 0.338 e. The van der Waals surface area contributed by atoms with E-state index >= 15 is 0 Å². The van der Waals surface area contributed by atoms with Gasteiger partial charge in [-0.1, -0.05) is 30.3 Å². The van der Waals surface area contributed by atoms with E-state index in [1.807, 2.05) is 36.4 Å². The number of rotatable bonds is 6. The molecular formula is C23H22N2O5S. The quantitative estimate of drug-likeness (QED) is 0.596. The highest BCUT2D eigenvalue weighted by atomic mass is 32.2. The summed E-state index contributed by atoms with van der Waals surface area (Å²) >= 11 is 0. The van der Waals surface area contributed by atoms with E-state index in [1.165, 1.54) is 28.6 Å². The Bertz CT molecular complexity index is 1220. The Labute approximate surface area is 180 Å². The van der Waals surface area contributed by atoms with Crippen molar-refractivity contribution in [2.24, 2.45) is 0 Å². The van der Waals surface area contributed by atoms with Crippen LogP contribution in [0.4, 0.5) is 5.69 Å². The molecule has 0 aliphatic carbocycles. The second-order valence-corrected chi connectivity index (χ2v) is 9.26. The summed E-state index contributed by atoms with van der Waals surface area (Å²) in [6.45, 7) is 0.580. The number of carbonyl (C=O) groups is 2. The largest absolute Gasteiger partial charge is 0.452 e. The molecule has 1 N–H and O–H groups in total. The normalized spacial score (nSPS) is 14.5. The Morgan fingerprint density at radius 3 is 2.29 bits per heavy atom. The van der Waals surface area contributed by atoms with Crippen LogP contribution in [0.2, 0.25) is 0 Å². The van der Waals surface area contributed by atoms with Crippen LogP contribution in [-0.4, -0.2) is 44.3 Å². The molecule has 8 heteroatoms. The molecule has 1 aliphatic rings. The fourth-order valence-electron chi connectivity index (χ4n) is 3.52. The lowest BCUT2D eigenvalue weighted by atomic mass is 10.1. The van der Waals surface area contributed by atoms with Gasteiger partial charge in [-0.3, -0.25) is 4.79 Å². The van der Waals surface area contributed by atoms with E-state index in [4.69, 9.17) is 4.74 Å². The van der Waals surface area contributed by atoms with Crippen molar-refractivity contribution < 1.29 is 22.7 Å². The molecule has 0 radical (unpaired) electrons. The predicted octanol–water partition coefficient (Wildman–Crippen LogP) is 3.42. The van der Waals surface area contributed by atoms with Crippen LogP contribution in [0.15, 0.2) is 71.6 Å². The van der Waals surface area contributed by atoms with Gasteiger partial charge in [0.2, 0.25) is 10.0 Å². The molecule has 31 heavy (non-hydrogen) atoms. The van der Waals surface area contributed by atoms with Gasteiger partial charge < -0.3 is 10.1 Å². The Morgan fingerprint density at radius 2 is 1.58 bits per heavy atom. The van der Waals surface area contributed by atoms with Gasteiger partial charge in [0, 0.05) is 18.8 Å². The number of carbonyl (C=O) groups excluding carboxylic acids is 2.